The number of carbonyl (C=O) groups is 2. The average Bonchev–Trinajstić information content (AvgIpc) is 2.69. The van der Waals surface area contributed by atoms with Crippen molar-refractivity contribution < 1.29 is 33.3 Å². The van der Waals surface area contributed by atoms with Gasteiger partial charge in [0.15, 0.2) is 0 Å². The van der Waals surface area contributed by atoms with Crippen molar-refractivity contribution in [1.82, 2.24) is 4.72 Å². The lowest BCUT2D eigenvalue weighted by Crippen LogP contribution is -2.29. The molecule has 116 valence electrons. The van der Waals surface area contributed by atoms with Crippen molar-refractivity contribution in [2.45, 2.75) is 23.5 Å². The standard InChI is InChI=1S/C7H5NO3S.C5H10O4/c9-7-5-3-1-2-4-6(5)12(10,11)8-7;6-2-1-4(8)5(9)3-7/h1-4H,(H,8,9);2,4-5,7-9H,1,3H2/t;4-,5+/m.0/s1. The summed E-state index contributed by atoms with van der Waals surface area (Å²) < 4.78 is 24.2. The van der Waals surface area contributed by atoms with E-state index in [4.69, 9.17) is 15.3 Å². The van der Waals surface area contributed by atoms with Crippen LogP contribution in [0.15, 0.2) is 29.2 Å². The predicted octanol–water partition coefficient (Wildman–Crippen LogP) is -1.59. The van der Waals surface area contributed by atoms with Crippen LogP contribution in [0.1, 0.15) is 16.8 Å². The number of rotatable bonds is 4. The van der Waals surface area contributed by atoms with Crippen LogP contribution in [0.25, 0.3) is 0 Å². The van der Waals surface area contributed by atoms with E-state index in [0.717, 1.165) is 0 Å². The molecule has 8 nitrogen and oxygen atoms in total. The highest BCUT2D eigenvalue weighted by Crippen LogP contribution is 2.20. The number of amides is 1. The Morgan fingerprint density at radius 2 is 1.81 bits per heavy atom. The second-order valence-electron chi connectivity index (χ2n) is 4.15. The minimum atomic E-state index is -3.55. The fourth-order valence-electron chi connectivity index (χ4n) is 1.50. The zero-order chi connectivity index (χ0) is 16.0. The van der Waals surface area contributed by atoms with Gasteiger partial charge in [-0.05, 0) is 12.1 Å². The minimum absolute atomic E-state index is 0.0648. The molecule has 0 saturated heterocycles. The van der Waals surface area contributed by atoms with Gasteiger partial charge in [-0.1, -0.05) is 12.1 Å². The summed E-state index contributed by atoms with van der Waals surface area (Å²) in [6.45, 7) is -0.519. The second kappa shape index (κ2) is 7.27. The molecule has 0 spiro atoms. The van der Waals surface area contributed by atoms with E-state index < -0.39 is 34.7 Å². The van der Waals surface area contributed by atoms with Crippen molar-refractivity contribution in [3.63, 3.8) is 0 Å². The molecule has 2 atom stereocenters. The van der Waals surface area contributed by atoms with Gasteiger partial charge in [-0.2, -0.15) is 0 Å². The van der Waals surface area contributed by atoms with Crippen LogP contribution in [0.3, 0.4) is 0 Å². The Bertz CT molecular complexity index is 614. The zero-order valence-corrected chi connectivity index (χ0v) is 11.7. The molecule has 0 fully saturated rings. The van der Waals surface area contributed by atoms with Gasteiger partial charge in [0.2, 0.25) is 0 Å². The molecular formula is C12H15NO7S. The third-order valence-electron chi connectivity index (χ3n) is 2.62. The number of hydrogen-bond donors (Lipinski definition) is 4. The van der Waals surface area contributed by atoms with E-state index in [1.165, 1.54) is 12.1 Å². The largest absolute Gasteiger partial charge is 0.394 e. The molecule has 0 saturated carbocycles. The summed E-state index contributed by atoms with van der Waals surface area (Å²) >= 11 is 0. The van der Waals surface area contributed by atoms with Crippen LogP contribution in [0, 0.1) is 0 Å². The Morgan fingerprint density at radius 3 is 2.33 bits per heavy atom. The summed E-state index contributed by atoms with van der Waals surface area (Å²) in [5, 5.41) is 25.5. The Kier molecular flexibility index (Phi) is 5.97. The van der Waals surface area contributed by atoms with E-state index in [9.17, 15) is 18.0 Å². The van der Waals surface area contributed by atoms with Crippen LogP contribution in [-0.4, -0.2) is 54.7 Å². The molecule has 0 aliphatic carbocycles. The Labute approximate surface area is 121 Å². The van der Waals surface area contributed by atoms with Gasteiger partial charge in [-0.3, -0.25) is 4.79 Å². The van der Waals surface area contributed by atoms with Gasteiger partial charge in [-0.15, -0.1) is 0 Å². The number of aliphatic hydroxyl groups is 3. The van der Waals surface area contributed by atoms with Crippen LogP contribution in [-0.2, 0) is 14.8 Å². The number of fused-ring (bicyclic) bond motifs is 1. The molecule has 21 heavy (non-hydrogen) atoms. The molecule has 1 heterocycles. The topological polar surface area (TPSA) is 141 Å². The first kappa shape index (κ1) is 17.2. The van der Waals surface area contributed by atoms with E-state index in [2.05, 4.69) is 0 Å². The fraction of sp³-hybridized carbons (Fsp3) is 0.333. The highest BCUT2D eigenvalue weighted by atomic mass is 32.2. The number of carbonyl (C=O) groups excluding carboxylic acids is 2. The maximum atomic E-state index is 11.1. The van der Waals surface area contributed by atoms with Crippen molar-refractivity contribution in [1.29, 1.82) is 0 Å². The SMILES string of the molecule is O=C1NS(=O)(=O)c2ccccc21.O=CC[C@H](O)[C@H](O)CO. The lowest BCUT2D eigenvalue weighted by Gasteiger charge is -2.11. The number of aldehydes is 1. The number of sulfonamides is 1. The first-order valence-corrected chi connectivity index (χ1v) is 7.38. The smallest absolute Gasteiger partial charge is 0.266 e. The van der Waals surface area contributed by atoms with E-state index in [1.807, 2.05) is 4.72 Å². The van der Waals surface area contributed by atoms with Gasteiger partial charge in [0.1, 0.15) is 17.3 Å². The van der Waals surface area contributed by atoms with Gasteiger partial charge >= 0.3 is 0 Å². The highest BCUT2D eigenvalue weighted by molar-refractivity contribution is 7.90. The van der Waals surface area contributed by atoms with Crippen LogP contribution in [0.4, 0.5) is 0 Å². The summed E-state index contributed by atoms with van der Waals surface area (Å²) in [6.07, 6.45) is -1.98. The van der Waals surface area contributed by atoms with Crippen molar-refractivity contribution in [3.05, 3.63) is 29.8 Å². The Morgan fingerprint density at radius 1 is 1.19 bits per heavy atom. The predicted molar refractivity (Wildman–Crippen MR) is 70.9 cm³/mol. The van der Waals surface area contributed by atoms with Crippen molar-refractivity contribution >= 4 is 22.2 Å². The third-order valence-corrected chi connectivity index (χ3v) is 4.01. The fourth-order valence-corrected chi connectivity index (χ4v) is 2.67. The molecule has 0 unspecified atom stereocenters. The van der Waals surface area contributed by atoms with Crippen molar-refractivity contribution in [3.8, 4) is 0 Å². The quantitative estimate of drug-likeness (QED) is 0.490. The maximum absolute atomic E-state index is 11.1. The highest BCUT2D eigenvalue weighted by Gasteiger charge is 2.31. The van der Waals surface area contributed by atoms with Crippen molar-refractivity contribution in [2.24, 2.45) is 0 Å². The van der Waals surface area contributed by atoms with E-state index >= 15 is 0 Å². The molecule has 9 heteroatoms. The summed E-state index contributed by atoms with van der Waals surface area (Å²) in [6, 6.07) is 6.09. The van der Waals surface area contributed by atoms with Gasteiger partial charge in [-0.25, -0.2) is 13.1 Å². The van der Waals surface area contributed by atoms with Gasteiger partial charge in [0.25, 0.3) is 15.9 Å². The molecule has 1 amide bonds. The van der Waals surface area contributed by atoms with Crippen LogP contribution < -0.4 is 4.72 Å². The Balaban J connectivity index is 0.000000222. The van der Waals surface area contributed by atoms with E-state index in [-0.39, 0.29) is 16.9 Å². The zero-order valence-electron chi connectivity index (χ0n) is 10.8. The molecule has 1 aliphatic heterocycles. The van der Waals surface area contributed by atoms with E-state index in [1.54, 1.807) is 12.1 Å². The lowest BCUT2D eigenvalue weighted by atomic mass is 10.2. The molecule has 1 aliphatic rings. The number of benzene rings is 1. The molecule has 1 aromatic rings. The lowest BCUT2D eigenvalue weighted by molar-refractivity contribution is -0.111. The monoisotopic (exact) mass is 317 g/mol. The second-order valence-corrected chi connectivity index (χ2v) is 5.80. The van der Waals surface area contributed by atoms with Gasteiger partial charge < -0.3 is 20.1 Å². The number of hydrogen-bond acceptors (Lipinski definition) is 7. The average molecular weight is 317 g/mol. The maximum Gasteiger partial charge on any atom is 0.266 e. The van der Waals surface area contributed by atoms with Crippen molar-refractivity contribution in [2.75, 3.05) is 6.61 Å². The molecule has 0 aromatic heterocycles. The normalized spacial score (nSPS) is 17.8. The summed E-state index contributed by atoms with van der Waals surface area (Å²) in [4.78, 5) is 20.7. The molecular weight excluding hydrogens is 302 g/mol. The van der Waals surface area contributed by atoms with E-state index in [0.29, 0.717) is 6.29 Å². The van der Waals surface area contributed by atoms with Gasteiger partial charge in [0, 0.05) is 6.42 Å². The first-order valence-electron chi connectivity index (χ1n) is 5.90. The molecule has 2 rings (SSSR count). The summed E-state index contributed by atoms with van der Waals surface area (Å²) in [5.41, 5.74) is 0.220. The van der Waals surface area contributed by atoms with Crippen LogP contribution in [0.2, 0.25) is 0 Å². The van der Waals surface area contributed by atoms with Gasteiger partial charge in [0.05, 0.1) is 18.3 Å². The number of aliphatic hydroxyl groups excluding tert-OH is 3. The minimum Gasteiger partial charge on any atom is -0.394 e. The molecule has 0 bridgehead atoms. The summed E-state index contributed by atoms with van der Waals surface area (Å²) in [7, 11) is -3.55. The number of nitrogens with one attached hydrogen (secondary N) is 1. The van der Waals surface area contributed by atoms with Crippen LogP contribution >= 0.6 is 0 Å². The molecule has 4 N–H and O–H groups in total. The first-order chi connectivity index (χ1) is 9.83. The molecule has 0 radical (unpaired) electrons. The van der Waals surface area contributed by atoms with Crippen LogP contribution in [0.5, 0.6) is 0 Å². The summed E-state index contributed by atoms with van der Waals surface area (Å²) in [5.74, 6) is -0.550. The Hall–Kier alpha value is -1.81. The third kappa shape index (κ3) is 4.33. The molecule has 1 aromatic carbocycles.